The first kappa shape index (κ1) is 16.8. The summed E-state index contributed by atoms with van der Waals surface area (Å²) in [6.07, 6.45) is 3.62. The maximum Gasteiger partial charge on any atom is 0.239 e. The van der Waals surface area contributed by atoms with Crippen molar-refractivity contribution in [2.45, 2.75) is 12.6 Å². The Morgan fingerprint density at radius 1 is 1.12 bits per heavy atom. The first-order valence-electron chi connectivity index (χ1n) is 8.56. The van der Waals surface area contributed by atoms with Gasteiger partial charge < -0.3 is 9.88 Å². The van der Waals surface area contributed by atoms with E-state index in [0.29, 0.717) is 17.4 Å². The van der Waals surface area contributed by atoms with Gasteiger partial charge in [-0.05, 0) is 29.8 Å². The highest BCUT2D eigenvalue weighted by molar-refractivity contribution is 6.30. The molecule has 0 fully saturated rings. The van der Waals surface area contributed by atoms with Crippen molar-refractivity contribution in [2.75, 3.05) is 18.4 Å². The van der Waals surface area contributed by atoms with Crippen molar-refractivity contribution < 1.29 is 4.79 Å². The van der Waals surface area contributed by atoms with Gasteiger partial charge >= 0.3 is 0 Å². The van der Waals surface area contributed by atoms with Crippen LogP contribution in [0.2, 0.25) is 5.02 Å². The van der Waals surface area contributed by atoms with E-state index in [2.05, 4.69) is 50.2 Å². The molecule has 1 aliphatic rings. The van der Waals surface area contributed by atoms with E-state index in [-0.39, 0.29) is 11.9 Å². The Morgan fingerprint density at radius 3 is 2.73 bits per heavy atom. The van der Waals surface area contributed by atoms with Crippen LogP contribution >= 0.6 is 11.6 Å². The molecule has 0 spiro atoms. The zero-order valence-electron chi connectivity index (χ0n) is 14.2. The molecule has 0 saturated heterocycles. The van der Waals surface area contributed by atoms with Crippen molar-refractivity contribution in [3.63, 3.8) is 0 Å². The van der Waals surface area contributed by atoms with Crippen LogP contribution in [-0.4, -0.2) is 33.4 Å². The molecule has 0 radical (unpaired) electrons. The van der Waals surface area contributed by atoms with E-state index in [4.69, 9.17) is 11.6 Å². The molecule has 0 saturated carbocycles. The number of hydrogen-bond acceptors (Lipinski definition) is 3. The van der Waals surface area contributed by atoms with E-state index >= 15 is 0 Å². The van der Waals surface area contributed by atoms with Gasteiger partial charge in [0.25, 0.3) is 0 Å². The van der Waals surface area contributed by atoms with E-state index in [1.807, 2.05) is 18.2 Å². The Balaban J connectivity index is 1.54. The van der Waals surface area contributed by atoms with Gasteiger partial charge in [-0.25, -0.2) is 4.98 Å². The van der Waals surface area contributed by atoms with Crippen molar-refractivity contribution in [1.82, 2.24) is 14.5 Å². The number of rotatable bonds is 4. The van der Waals surface area contributed by atoms with Crippen LogP contribution in [0.15, 0.2) is 67.0 Å². The Morgan fingerprint density at radius 2 is 1.96 bits per heavy atom. The molecule has 26 heavy (non-hydrogen) atoms. The minimum atomic E-state index is -0.0826. The lowest BCUT2D eigenvalue weighted by molar-refractivity contribution is -0.118. The summed E-state index contributed by atoms with van der Waals surface area (Å²) in [5.74, 6) is 0.428. The van der Waals surface area contributed by atoms with Gasteiger partial charge in [0.15, 0.2) is 0 Å². The molecule has 0 bridgehead atoms. The predicted molar refractivity (Wildman–Crippen MR) is 102 cm³/mol. The van der Waals surface area contributed by atoms with E-state index in [9.17, 15) is 4.79 Å². The highest BCUT2D eigenvalue weighted by Gasteiger charge is 2.29. The molecule has 132 valence electrons. The molecule has 1 unspecified atom stereocenters. The molecule has 1 N–H and O–H groups in total. The molecule has 1 amide bonds. The first-order chi connectivity index (χ1) is 12.7. The van der Waals surface area contributed by atoms with Gasteiger partial charge in [-0.3, -0.25) is 9.69 Å². The highest BCUT2D eigenvalue weighted by atomic mass is 35.5. The molecule has 3 heterocycles. The molecule has 1 aliphatic heterocycles. The molecule has 4 rings (SSSR count). The van der Waals surface area contributed by atoms with Crippen LogP contribution in [0.1, 0.15) is 17.3 Å². The fraction of sp³-hybridized carbons (Fsp3) is 0.200. The topological polar surface area (TPSA) is 50.2 Å². The molecule has 2 aromatic heterocycles. The second-order valence-electron chi connectivity index (χ2n) is 6.32. The summed E-state index contributed by atoms with van der Waals surface area (Å²) in [4.78, 5) is 18.9. The third-order valence-electron chi connectivity index (χ3n) is 4.59. The Labute approximate surface area is 157 Å². The molecule has 0 aliphatic carbocycles. The van der Waals surface area contributed by atoms with E-state index in [1.165, 1.54) is 17.5 Å². The van der Waals surface area contributed by atoms with E-state index < -0.39 is 0 Å². The van der Waals surface area contributed by atoms with Crippen molar-refractivity contribution in [2.24, 2.45) is 0 Å². The number of nitrogens with zero attached hydrogens (tertiary/aromatic N) is 3. The molecular formula is C20H19ClN4O. The van der Waals surface area contributed by atoms with Gasteiger partial charge in [0.1, 0.15) is 5.82 Å². The molecule has 5 nitrogen and oxygen atoms in total. The van der Waals surface area contributed by atoms with Crippen LogP contribution in [0.25, 0.3) is 0 Å². The van der Waals surface area contributed by atoms with Gasteiger partial charge in [-0.1, -0.05) is 41.9 Å². The van der Waals surface area contributed by atoms with Gasteiger partial charge in [0.05, 0.1) is 17.6 Å². The molecular weight excluding hydrogens is 348 g/mol. The fourth-order valence-electron chi connectivity index (χ4n) is 3.44. The normalized spacial score (nSPS) is 16.9. The maximum atomic E-state index is 12.6. The summed E-state index contributed by atoms with van der Waals surface area (Å²) in [6, 6.07) is 18.0. The second-order valence-corrected chi connectivity index (χ2v) is 6.76. The predicted octanol–water partition coefficient (Wildman–Crippen LogP) is 3.58. The van der Waals surface area contributed by atoms with Crippen molar-refractivity contribution >= 4 is 23.3 Å². The highest BCUT2D eigenvalue weighted by Crippen LogP contribution is 2.32. The van der Waals surface area contributed by atoms with Crippen LogP contribution in [-0.2, 0) is 11.3 Å². The van der Waals surface area contributed by atoms with Crippen LogP contribution in [0, 0.1) is 0 Å². The van der Waals surface area contributed by atoms with Crippen LogP contribution in [0.4, 0.5) is 5.82 Å². The number of halogens is 1. The van der Waals surface area contributed by atoms with Gasteiger partial charge in [0.2, 0.25) is 5.91 Å². The van der Waals surface area contributed by atoms with Gasteiger partial charge in [-0.2, -0.15) is 0 Å². The van der Waals surface area contributed by atoms with Gasteiger partial charge in [0, 0.05) is 31.2 Å². The average Bonchev–Trinajstić information content (AvgIpc) is 3.13. The van der Waals surface area contributed by atoms with Crippen molar-refractivity contribution in [1.29, 1.82) is 0 Å². The van der Waals surface area contributed by atoms with E-state index in [0.717, 1.165) is 13.1 Å². The molecule has 6 heteroatoms. The summed E-state index contributed by atoms with van der Waals surface area (Å²) >= 11 is 5.84. The third kappa shape index (κ3) is 3.49. The second kappa shape index (κ2) is 7.32. The summed E-state index contributed by atoms with van der Waals surface area (Å²) in [5.41, 5.74) is 2.39. The number of hydrogen-bond donors (Lipinski definition) is 1. The molecule has 1 aromatic carbocycles. The number of carbonyl (C=O) groups is 1. The zero-order valence-corrected chi connectivity index (χ0v) is 14.9. The first-order valence-corrected chi connectivity index (χ1v) is 8.94. The summed E-state index contributed by atoms with van der Waals surface area (Å²) in [5, 5.41) is 3.39. The fourth-order valence-corrected chi connectivity index (χ4v) is 3.55. The van der Waals surface area contributed by atoms with Crippen LogP contribution in [0.3, 0.4) is 0 Å². The minimum Gasteiger partial charge on any atom is -0.348 e. The molecule has 1 atom stereocenters. The lowest BCUT2D eigenvalue weighted by Crippen LogP contribution is -2.42. The summed E-state index contributed by atoms with van der Waals surface area (Å²) in [7, 11) is 0. The quantitative estimate of drug-likeness (QED) is 0.767. The Kier molecular flexibility index (Phi) is 4.73. The number of nitrogens with one attached hydrogen (secondary N) is 1. The van der Waals surface area contributed by atoms with Gasteiger partial charge in [-0.15, -0.1) is 0 Å². The number of pyridine rings is 1. The van der Waals surface area contributed by atoms with Crippen molar-refractivity contribution in [3.8, 4) is 0 Å². The Hall–Kier alpha value is -2.63. The molecule has 3 aromatic rings. The number of benzene rings is 1. The van der Waals surface area contributed by atoms with Crippen LogP contribution < -0.4 is 5.32 Å². The number of aromatic nitrogens is 2. The largest absolute Gasteiger partial charge is 0.348 e. The summed E-state index contributed by atoms with van der Waals surface area (Å²) in [6.45, 7) is 1.98. The maximum absolute atomic E-state index is 12.6. The lowest BCUT2D eigenvalue weighted by atomic mass is 10.00. The monoisotopic (exact) mass is 366 g/mol. The lowest BCUT2D eigenvalue weighted by Gasteiger charge is -2.36. The number of fused-ring (bicyclic) bond motifs is 1. The smallest absolute Gasteiger partial charge is 0.239 e. The standard InChI is InChI=1S/C20H19ClN4O/c21-16-8-9-18(22-13-16)23-19(26)14-25-12-11-24-10-4-7-17(24)20(25)15-5-2-1-3-6-15/h1-10,13,20H,11-12,14H2,(H,22,23,26). The number of anilines is 1. The van der Waals surface area contributed by atoms with Crippen molar-refractivity contribution in [3.05, 3.63) is 83.3 Å². The number of carbonyl (C=O) groups excluding carboxylic acids is 1. The van der Waals surface area contributed by atoms with E-state index in [1.54, 1.807) is 12.1 Å². The third-order valence-corrected chi connectivity index (χ3v) is 4.82. The number of amides is 1. The zero-order chi connectivity index (χ0) is 17.9. The minimum absolute atomic E-state index is 0.0591. The summed E-state index contributed by atoms with van der Waals surface area (Å²) < 4.78 is 2.26. The SMILES string of the molecule is O=C(CN1CCn2cccc2C1c1ccccc1)Nc1ccc(Cl)cn1. The average molecular weight is 367 g/mol. The Bertz CT molecular complexity index is 892. The van der Waals surface area contributed by atoms with Crippen LogP contribution in [0.5, 0.6) is 0 Å².